The number of likely N-dealkylation sites (tertiary alicyclic amines) is 1. The number of aromatic nitrogens is 1. The van der Waals surface area contributed by atoms with Gasteiger partial charge in [-0.15, -0.1) is 0 Å². The van der Waals surface area contributed by atoms with E-state index in [4.69, 9.17) is 10.2 Å². The number of rotatable bonds is 7. The summed E-state index contributed by atoms with van der Waals surface area (Å²) in [5.41, 5.74) is 11.5. The third-order valence-corrected chi connectivity index (χ3v) is 8.29. The molecule has 0 saturated carbocycles. The van der Waals surface area contributed by atoms with E-state index in [1.54, 1.807) is 12.1 Å². The van der Waals surface area contributed by atoms with E-state index in [0.717, 1.165) is 35.1 Å². The van der Waals surface area contributed by atoms with Gasteiger partial charge in [0, 0.05) is 53.8 Å². The maximum atomic E-state index is 13.3. The number of hydrogen-bond donors (Lipinski definition) is 2. The maximum Gasteiger partial charge on any atom is 0.251 e. The molecule has 2 amide bonds. The summed E-state index contributed by atoms with van der Waals surface area (Å²) in [5, 5.41) is 3.20. The van der Waals surface area contributed by atoms with Crippen molar-refractivity contribution in [2.24, 2.45) is 5.41 Å². The molecule has 0 aliphatic carbocycles. The van der Waals surface area contributed by atoms with E-state index in [1.165, 1.54) is 5.56 Å². The molecule has 0 unspecified atom stereocenters. The number of nitrogens with two attached hydrogens (primary N) is 1. The fourth-order valence-corrected chi connectivity index (χ4v) is 5.86. The molecule has 1 aliphatic rings. The molecule has 42 heavy (non-hydrogen) atoms. The molecule has 3 N–H and O–H groups in total. The van der Waals surface area contributed by atoms with Gasteiger partial charge >= 0.3 is 0 Å². The van der Waals surface area contributed by atoms with Gasteiger partial charge in [-0.3, -0.25) is 9.59 Å². The van der Waals surface area contributed by atoms with Crippen LogP contribution in [0.4, 0.5) is 5.69 Å². The molecule has 0 radical (unpaired) electrons. The first kappa shape index (κ1) is 29.4. The van der Waals surface area contributed by atoms with Crippen LogP contribution in [0.5, 0.6) is 0 Å². The van der Waals surface area contributed by atoms with Gasteiger partial charge in [0.15, 0.2) is 5.58 Å². The van der Waals surface area contributed by atoms with Crippen molar-refractivity contribution in [3.8, 4) is 11.5 Å². The van der Waals surface area contributed by atoms with E-state index < -0.39 is 0 Å². The molecular formula is C35H42N4O3. The Kier molecular flexibility index (Phi) is 8.13. The Morgan fingerprint density at radius 3 is 2.31 bits per heavy atom. The number of hydrogen-bond acceptors (Lipinski definition) is 5. The molecule has 2 heterocycles. The molecule has 1 aromatic heterocycles. The predicted molar refractivity (Wildman–Crippen MR) is 168 cm³/mol. The minimum Gasteiger partial charge on any atom is -0.436 e. The first-order valence-corrected chi connectivity index (χ1v) is 14.9. The third-order valence-electron chi connectivity index (χ3n) is 8.29. The Labute approximate surface area is 248 Å². The number of carbonyl (C=O) groups excluding carboxylic acids is 2. The summed E-state index contributed by atoms with van der Waals surface area (Å²) in [5.74, 6) is 0.824. The van der Waals surface area contributed by atoms with E-state index >= 15 is 0 Å². The second-order valence-electron chi connectivity index (χ2n) is 13.2. The summed E-state index contributed by atoms with van der Waals surface area (Å²) in [4.78, 5) is 32.8. The molecule has 4 aromatic rings. The molecule has 5 rings (SSSR count). The molecular weight excluding hydrogens is 524 g/mol. The number of piperidine rings is 1. The molecule has 1 fully saturated rings. The number of nitrogens with one attached hydrogen (secondary N) is 1. The highest BCUT2D eigenvalue weighted by Crippen LogP contribution is 2.36. The van der Waals surface area contributed by atoms with Gasteiger partial charge in [0.1, 0.15) is 5.52 Å². The Morgan fingerprint density at radius 1 is 1.02 bits per heavy atom. The number of nitrogens with zero attached hydrogens (tertiary/aromatic N) is 2. The highest BCUT2D eigenvalue weighted by molar-refractivity contribution is 5.94. The van der Waals surface area contributed by atoms with Crippen molar-refractivity contribution < 1.29 is 14.0 Å². The molecule has 7 heteroatoms. The fourth-order valence-electron chi connectivity index (χ4n) is 5.86. The van der Waals surface area contributed by atoms with Crippen molar-refractivity contribution in [1.29, 1.82) is 0 Å². The lowest BCUT2D eigenvalue weighted by atomic mass is 9.72. The lowest BCUT2D eigenvalue weighted by Crippen LogP contribution is -2.50. The van der Waals surface area contributed by atoms with Gasteiger partial charge in [0.25, 0.3) is 5.91 Å². The second-order valence-corrected chi connectivity index (χ2v) is 13.2. The minimum atomic E-state index is -0.233. The first-order valence-electron chi connectivity index (χ1n) is 14.9. The van der Waals surface area contributed by atoms with E-state index in [1.807, 2.05) is 47.4 Å². The van der Waals surface area contributed by atoms with E-state index in [2.05, 4.69) is 57.1 Å². The Hall–Kier alpha value is -4.13. The second kappa shape index (κ2) is 11.6. The Bertz CT molecular complexity index is 1560. The summed E-state index contributed by atoms with van der Waals surface area (Å²) >= 11 is 0. The Morgan fingerprint density at radius 2 is 1.69 bits per heavy atom. The van der Waals surface area contributed by atoms with E-state index in [-0.39, 0.29) is 28.6 Å². The van der Waals surface area contributed by atoms with Crippen molar-refractivity contribution >= 4 is 28.6 Å². The monoisotopic (exact) mass is 566 g/mol. The summed E-state index contributed by atoms with van der Waals surface area (Å²) in [6.45, 7) is 12.4. The highest BCUT2D eigenvalue weighted by atomic mass is 16.3. The van der Waals surface area contributed by atoms with E-state index in [9.17, 15) is 9.59 Å². The van der Waals surface area contributed by atoms with Gasteiger partial charge in [-0.1, -0.05) is 65.0 Å². The van der Waals surface area contributed by atoms with Crippen LogP contribution in [0, 0.1) is 5.41 Å². The van der Waals surface area contributed by atoms with Gasteiger partial charge in [0.2, 0.25) is 11.8 Å². The smallest absolute Gasteiger partial charge is 0.251 e. The standard InChI is InChI=1S/C35H42N4O3/c1-23(2)28-19-27(36)20-29-31(28)42-33(38-29)25-13-11-24(12-14-25)32(41)37-22-35(26-9-7-6-8-10-26)15-17-39(18-16-35)30(40)21-34(3,4)5/h6-14,19-20,23H,15-18,21-22,36H2,1-5H3,(H,37,41). The molecule has 0 spiro atoms. The average Bonchev–Trinajstić information content (AvgIpc) is 3.39. The van der Waals surface area contributed by atoms with Crippen molar-refractivity contribution in [2.45, 2.75) is 65.2 Å². The van der Waals surface area contributed by atoms with Crippen molar-refractivity contribution in [3.05, 3.63) is 83.4 Å². The van der Waals surface area contributed by atoms with Crippen molar-refractivity contribution in [3.63, 3.8) is 0 Å². The SMILES string of the molecule is CC(C)c1cc(N)cc2nc(-c3ccc(C(=O)NCC4(c5ccccc5)CCN(C(=O)CC(C)(C)C)CC4)cc3)oc12. The molecule has 1 aliphatic heterocycles. The largest absolute Gasteiger partial charge is 0.436 e. The number of carbonyl (C=O) groups is 2. The van der Waals surface area contributed by atoms with Gasteiger partial charge in [-0.05, 0) is 66.1 Å². The zero-order valence-electron chi connectivity index (χ0n) is 25.4. The van der Waals surface area contributed by atoms with Crippen molar-refractivity contribution in [2.75, 3.05) is 25.4 Å². The predicted octanol–water partition coefficient (Wildman–Crippen LogP) is 6.93. The molecule has 220 valence electrons. The van der Waals surface area contributed by atoms with Gasteiger partial charge in [0.05, 0.1) is 0 Å². The average molecular weight is 567 g/mol. The molecule has 1 saturated heterocycles. The van der Waals surface area contributed by atoms with Gasteiger partial charge in [-0.25, -0.2) is 4.98 Å². The van der Waals surface area contributed by atoms with E-state index in [0.29, 0.717) is 43.2 Å². The minimum absolute atomic E-state index is 0.0416. The number of oxazole rings is 1. The zero-order chi connectivity index (χ0) is 30.1. The molecule has 7 nitrogen and oxygen atoms in total. The van der Waals surface area contributed by atoms with Crippen LogP contribution in [-0.4, -0.2) is 41.3 Å². The van der Waals surface area contributed by atoms with Gasteiger partial charge in [-0.2, -0.15) is 0 Å². The van der Waals surface area contributed by atoms with Crippen molar-refractivity contribution in [1.82, 2.24) is 15.2 Å². The summed E-state index contributed by atoms with van der Waals surface area (Å²) in [6.07, 6.45) is 2.13. The number of benzene rings is 3. The van der Waals surface area contributed by atoms with Crippen LogP contribution in [0.15, 0.2) is 71.1 Å². The first-order chi connectivity index (χ1) is 19.9. The highest BCUT2D eigenvalue weighted by Gasteiger charge is 2.38. The topological polar surface area (TPSA) is 101 Å². The Balaban J connectivity index is 1.29. The molecule has 0 atom stereocenters. The fraction of sp³-hybridized carbons (Fsp3) is 0.400. The van der Waals surface area contributed by atoms with Crippen LogP contribution in [0.3, 0.4) is 0 Å². The number of nitrogen functional groups attached to an aromatic ring is 1. The lowest BCUT2D eigenvalue weighted by Gasteiger charge is -2.43. The summed E-state index contributed by atoms with van der Waals surface area (Å²) in [6, 6.07) is 21.5. The van der Waals surface area contributed by atoms with Crippen LogP contribution in [-0.2, 0) is 10.2 Å². The molecule has 3 aromatic carbocycles. The normalized spacial score (nSPS) is 15.2. The van der Waals surface area contributed by atoms with Crippen LogP contribution in [0.25, 0.3) is 22.6 Å². The van der Waals surface area contributed by atoms with Crippen LogP contribution in [0.2, 0.25) is 0 Å². The number of anilines is 1. The summed E-state index contributed by atoms with van der Waals surface area (Å²) < 4.78 is 6.15. The lowest BCUT2D eigenvalue weighted by molar-refractivity contribution is -0.134. The van der Waals surface area contributed by atoms with Crippen LogP contribution < -0.4 is 11.1 Å². The van der Waals surface area contributed by atoms with Crippen LogP contribution in [0.1, 0.15) is 81.3 Å². The zero-order valence-corrected chi connectivity index (χ0v) is 25.4. The van der Waals surface area contributed by atoms with Crippen LogP contribution >= 0.6 is 0 Å². The quantitative estimate of drug-likeness (QED) is 0.236. The third kappa shape index (κ3) is 6.35. The molecule has 0 bridgehead atoms. The summed E-state index contributed by atoms with van der Waals surface area (Å²) in [7, 11) is 0. The number of amides is 2. The number of fused-ring (bicyclic) bond motifs is 1. The van der Waals surface area contributed by atoms with Gasteiger partial charge < -0.3 is 20.4 Å². The maximum absolute atomic E-state index is 13.3.